The van der Waals surface area contributed by atoms with Crippen LogP contribution in [0.1, 0.15) is 16.1 Å². The molecule has 0 spiro atoms. The first-order valence-corrected chi connectivity index (χ1v) is 10.4. The molecule has 162 valence electrons. The fraction of sp³-hybridized carbons (Fsp3) is 0.389. The van der Waals surface area contributed by atoms with E-state index in [1.54, 1.807) is 25.1 Å². The smallest absolute Gasteiger partial charge is 0.361 e. The van der Waals surface area contributed by atoms with Gasteiger partial charge in [0.25, 0.3) is 5.91 Å². The number of piperazine rings is 1. The molecule has 0 bridgehead atoms. The van der Waals surface area contributed by atoms with Crippen molar-refractivity contribution in [2.24, 2.45) is 0 Å². The third kappa shape index (κ3) is 4.54. The second kappa shape index (κ2) is 8.19. The van der Waals surface area contributed by atoms with E-state index < -0.39 is 26.7 Å². The summed E-state index contributed by atoms with van der Waals surface area (Å²) in [7, 11) is -0.537. The lowest BCUT2D eigenvalue weighted by atomic mass is 10.2. The lowest BCUT2D eigenvalue weighted by Gasteiger charge is -2.33. The summed E-state index contributed by atoms with van der Waals surface area (Å²) >= 11 is 0. The van der Waals surface area contributed by atoms with E-state index in [4.69, 9.17) is 0 Å². The van der Waals surface area contributed by atoms with Gasteiger partial charge in [0.15, 0.2) is 11.5 Å². The number of nitrogens with zero attached hydrogens (tertiary/aromatic N) is 5. The number of anilines is 1. The van der Waals surface area contributed by atoms with E-state index in [1.807, 2.05) is 0 Å². The van der Waals surface area contributed by atoms with E-state index in [1.165, 1.54) is 11.0 Å². The Morgan fingerprint density at radius 3 is 2.23 bits per heavy atom. The van der Waals surface area contributed by atoms with Crippen molar-refractivity contribution in [2.75, 3.05) is 45.2 Å². The monoisotopic (exact) mass is 443 g/mol. The van der Waals surface area contributed by atoms with Crippen molar-refractivity contribution in [1.29, 1.82) is 0 Å². The van der Waals surface area contributed by atoms with Crippen LogP contribution in [0.2, 0.25) is 0 Å². The molecule has 1 aliphatic heterocycles. The number of carbonyl (C=O) groups is 1. The molecular weight excluding hydrogens is 423 g/mol. The predicted octanol–water partition coefficient (Wildman–Crippen LogP) is 1.71. The highest BCUT2D eigenvalue weighted by molar-refractivity contribution is 7.89. The van der Waals surface area contributed by atoms with Crippen LogP contribution >= 0.6 is 0 Å². The maximum absolute atomic E-state index is 12.9. The van der Waals surface area contributed by atoms with Gasteiger partial charge in [-0.2, -0.15) is 17.5 Å². The molecule has 1 saturated heterocycles. The number of hydrogen-bond acceptors (Lipinski definition) is 6. The van der Waals surface area contributed by atoms with E-state index in [0.717, 1.165) is 22.5 Å². The fourth-order valence-electron chi connectivity index (χ4n) is 2.95. The molecule has 12 heteroatoms. The minimum absolute atomic E-state index is 0.0342. The van der Waals surface area contributed by atoms with Crippen molar-refractivity contribution in [1.82, 2.24) is 19.4 Å². The Morgan fingerprint density at radius 2 is 1.70 bits per heavy atom. The Morgan fingerprint density at radius 1 is 1.03 bits per heavy atom. The van der Waals surface area contributed by atoms with Crippen molar-refractivity contribution in [3.63, 3.8) is 0 Å². The third-order valence-corrected chi connectivity index (χ3v) is 6.55. The van der Waals surface area contributed by atoms with Crippen molar-refractivity contribution in [2.45, 2.75) is 11.1 Å². The number of halogens is 3. The van der Waals surface area contributed by atoms with Crippen LogP contribution in [0.3, 0.4) is 0 Å². The second-order valence-corrected chi connectivity index (χ2v) is 8.83. The van der Waals surface area contributed by atoms with E-state index in [9.17, 15) is 26.4 Å². The van der Waals surface area contributed by atoms with Gasteiger partial charge in [0, 0.05) is 40.3 Å². The van der Waals surface area contributed by atoms with Crippen molar-refractivity contribution in [3.8, 4) is 0 Å². The van der Waals surface area contributed by atoms with Gasteiger partial charge in [-0.15, -0.1) is 10.2 Å². The molecule has 3 rings (SSSR count). The Labute approximate surface area is 172 Å². The zero-order chi connectivity index (χ0) is 22.1. The predicted molar refractivity (Wildman–Crippen MR) is 102 cm³/mol. The van der Waals surface area contributed by atoms with Gasteiger partial charge in [-0.25, -0.2) is 8.42 Å². The molecule has 0 atom stereocenters. The Kier molecular flexibility index (Phi) is 5.99. The number of aromatic nitrogens is 2. The summed E-state index contributed by atoms with van der Waals surface area (Å²) < 4.78 is 65.3. The molecule has 1 fully saturated rings. The lowest BCUT2D eigenvalue weighted by molar-refractivity contribution is -0.137. The van der Waals surface area contributed by atoms with Gasteiger partial charge in [-0.3, -0.25) is 4.79 Å². The van der Waals surface area contributed by atoms with Gasteiger partial charge in [0.05, 0.1) is 10.5 Å². The number of alkyl halides is 3. The zero-order valence-corrected chi connectivity index (χ0v) is 17.1. The molecule has 0 N–H and O–H groups in total. The van der Waals surface area contributed by atoms with Gasteiger partial charge >= 0.3 is 6.18 Å². The molecule has 2 aromatic rings. The number of sulfonamides is 1. The van der Waals surface area contributed by atoms with Crippen LogP contribution < -0.4 is 4.90 Å². The summed E-state index contributed by atoms with van der Waals surface area (Å²) in [5.41, 5.74) is -0.896. The van der Waals surface area contributed by atoms with E-state index in [0.29, 0.717) is 11.9 Å². The highest BCUT2D eigenvalue weighted by atomic mass is 32.2. The molecule has 0 unspecified atom stereocenters. The SMILES string of the molecule is CN(C)c1ccc(C(=O)N2CCN(S(=O)(=O)c3cccc(C(F)(F)F)c3)CC2)nn1. The number of carbonyl (C=O) groups excluding carboxylic acids is 1. The van der Waals surface area contributed by atoms with E-state index >= 15 is 0 Å². The van der Waals surface area contributed by atoms with E-state index in [-0.39, 0.29) is 37.8 Å². The first-order valence-electron chi connectivity index (χ1n) is 8.98. The largest absolute Gasteiger partial charge is 0.416 e. The highest BCUT2D eigenvalue weighted by Crippen LogP contribution is 2.31. The normalized spacial score (nSPS) is 15.8. The second-order valence-electron chi connectivity index (χ2n) is 6.89. The first kappa shape index (κ1) is 22.0. The maximum atomic E-state index is 12.9. The molecule has 0 saturated carbocycles. The third-order valence-electron chi connectivity index (χ3n) is 4.65. The summed E-state index contributed by atoms with van der Waals surface area (Å²) in [6.45, 7) is 0.114. The summed E-state index contributed by atoms with van der Waals surface area (Å²) in [5.74, 6) is 0.201. The van der Waals surface area contributed by atoms with Crippen LogP contribution in [0, 0.1) is 0 Å². The molecule has 2 heterocycles. The lowest BCUT2D eigenvalue weighted by Crippen LogP contribution is -2.50. The van der Waals surface area contributed by atoms with Gasteiger partial charge in [0.1, 0.15) is 0 Å². The number of amides is 1. The standard InChI is InChI=1S/C18H20F3N5O3S/c1-24(2)16-7-6-15(22-23-16)17(27)25-8-10-26(11-9-25)30(28,29)14-5-3-4-13(12-14)18(19,20)21/h3-7,12H,8-11H2,1-2H3. The highest BCUT2D eigenvalue weighted by Gasteiger charge is 2.34. The molecular formula is C18H20F3N5O3S. The fourth-order valence-corrected chi connectivity index (χ4v) is 4.42. The Hall–Kier alpha value is -2.73. The Bertz CT molecular complexity index is 1020. The van der Waals surface area contributed by atoms with Crippen molar-refractivity contribution in [3.05, 3.63) is 47.7 Å². The molecule has 1 aromatic carbocycles. The van der Waals surface area contributed by atoms with Crippen LogP contribution in [0.4, 0.5) is 19.0 Å². The van der Waals surface area contributed by atoms with Crippen LogP contribution in [0.25, 0.3) is 0 Å². The average Bonchev–Trinajstić information content (AvgIpc) is 2.73. The van der Waals surface area contributed by atoms with Crippen LogP contribution in [0.15, 0.2) is 41.3 Å². The minimum atomic E-state index is -4.64. The molecule has 30 heavy (non-hydrogen) atoms. The van der Waals surface area contributed by atoms with Crippen LogP contribution in [-0.4, -0.2) is 74.0 Å². The zero-order valence-electron chi connectivity index (χ0n) is 16.3. The molecule has 1 aliphatic rings. The van der Waals surface area contributed by atoms with Gasteiger partial charge < -0.3 is 9.80 Å². The number of rotatable bonds is 4. The van der Waals surface area contributed by atoms with E-state index in [2.05, 4.69) is 10.2 Å². The maximum Gasteiger partial charge on any atom is 0.416 e. The summed E-state index contributed by atoms with van der Waals surface area (Å²) in [6, 6.07) is 6.81. The van der Waals surface area contributed by atoms with Gasteiger partial charge in [-0.05, 0) is 30.3 Å². The first-order chi connectivity index (χ1) is 14.0. The molecule has 0 aliphatic carbocycles. The summed E-state index contributed by atoms with van der Waals surface area (Å²) in [6.07, 6.45) is -4.64. The van der Waals surface area contributed by atoms with Crippen molar-refractivity contribution >= 4 is 21.7 Å². The molecule has 0 radical (unpaired) electrons. The van der Waals surface area contributed by atoms with Gasteiger partial charge in [-0.1, -0.05) is 6.07 Å². The number of hydrogen-bond donors (Lipinski definition) is 0. The minimum Gasteiger partial charge on any atom is -0.361 e. The molecule has 1 aromatic heterocycles. The van der Waals surface area contributed by atoms with Gasteiger partial charge in [0.2, 0.25) is 10.0 Å². The molecule has 8 nitrogen and oxygen atoms in total. The quantitative estimate of drug-likeness (QED) is 0.715. The van der Waals surface area contributed by atoms with Crippen LogP contribution in [-0.2, 0) is 16.2 Å². The Balaban J connectivity index is 1.69. The summed E-state index contributed by atoms with van der Waals surface area (Å²) in [4.78, 5) is 15.3. The number of benzene rings is 1. The molecule has 1 amide bonds. The average molecular weight is 443 g/mol. The van der Waals surface area contributed by atoms with Crippen LogP contribution in [0.5, 0.6) is 0 Å². The van der Waals surface area contributed by atoms with Crippen molar-refractivity contribution < 1.29 is 26.4 Å². The summed E-state index contributed by atoms with van der Waals surface area (Å²) in [5, 5.41) is 7.85. The topological polar surface area (TPSA) is 86.7 Å².